The molecule has 0 amide bonds. The van der Waals surface area contributed by atoms with Crippen LogP contribution in [0.3, 0.4) is 0 Å². The van der Waals surface area contributed by atoms with Crippen molar-refractivity contribution < 1.29 is 0 Å². The number of unbranched alkanes of at least 4 members (excludes halogenated alkanes) is 12. The van der Waals surface area contributed by atoms with Crippen molar-refractivity contribution in [2.75, 3.05) is 0 Å². The first-order valence-corrected chi connectivity index (χ1v) is 12.4. The van der Waals surface area contributed by atoms with Gasteiger partial charge >= 0.3 is 0 Å². The van der Waals surface area contributed by atoms with Gasteiger partial charge in [-0.05, 0) is 37.5 Å². The molecule has 0 fully saturated rings. The van der Waals surface area contributed by atoms with Crippen LogP contribution in [0.2, 0.25) is 0 Å². The van der Waals surface area contributed by atoms with Crippen LogP contribution in [0.1, 0.15) is 143 Å². The maximum absolute atomic E-state index is 2.41. The maximum atomic E-state index is 2.41. The molecule has 26 heavy (non-hydrogen) atoms. The second-order valence-electron chi connectivity index (χ2n) is 9.01. The Hall–Kier alpha value is -0.260. The van der Waals surface area contributed by atoms with Crippen molar-refractivity contribution in [3.8, 4) is 0 Å². The van der Waals surface area contributed by atoms with Crippen molar-refractivity contribution in [1.29, 1.82) is 0 Å². The standard InChI is InChI=1S/C26H52/c1-5-7-9-11-13-14-15-17-19-21-23-26(24-25(3)4)22-20-18-16-12-10-8-6-2/h9,11,25-26H,5-8,10,12-24H2,1-4H3/b11-9+. The summed E-state index contributed by atoms with van der Waals surface area (Å²) >= 11 is 0. The Bertz CT molecular complexity index is 276. The van der Waals surface area contributed by atoms with E-state index in [-0.39, 0.29) is 0 Å². The lowest BCUT2D eigenvalue weighted by molar-refractivity contribution is 0.339. The van der Waals surface area contributed by atoms with Gasteiger partial charge in [0.15, 0.2) is 0 Å². The Morgan fingerprint density at radius 1 is 0.538 bits per heavy atom. The van der Waals surface area contributed by atoms with Crippen LogP contribution < -0.4 is 0 Å². The maximum Gasteiger partial charge on any atom is -0.0351 e. The fraction of sp³-hybridized carbons (Fsp3) is 0.923. The molecule has 0 aromatic heterocycles. The van der Waals surface area contributed by atoms with Gasteiger partial charge in [0, 0.05) is 0 Å². The summed E-state index contributed by atoms with van der Waals surface area (Å²) in [6.45, 7) is 9.37. The minimum atomic E-state index is 0.875. The molecule has 0 aliphatic rings. The SMILES string of the molecule is CCC/C=C/CCCCCCCC(CCCCCCCCC)CC(C)C. The van der Waals surface area contributed by atoms with Crippen LogP contribution in [-0.2, 0) is 0 Å². The molecule has 0 aromatic carbocycles. The predicted octanol–water partition coefficient (Wildman–Crippen LogP) is 9.88. The van der Waals surface area contributed by atoms with E-state index < -0.39 is 0 Å². The third-order valence-corrected chi connectivity index (χ3v) is 5.63. The third kappa shape index (κ3) is 20.1. The fourth-order valence-corrected chi connectivity index (χ4v) is 4.06. The minimum Gasteiger partial charge on any atom is -0.0885 e. The van der Waals surface area contributed by atoms with Crippen LogP contribution in [0.15, 0.2) is 12.2 Å². The Kier molecular flexibility index (Phi) is 20.8. The second-order valence-corrected chi connectivity index (χ2v) is 9.01. The van der Waals surface area contributed by atoms with Crippen LogP contribution in [-0.4, -0.2) is 0 Å². The molecule has 0 saturated carbocycles. The van der Waals surface area contributed by atoms with E-state index in [0.29, 0.717) is 0 Å². The van der Waals surface area contributed by atoms with E-state index in [9.17, 15) is 0 Å². The Morgan fingerprint density at radius 2 is 1.04 bits per heavy atom. The highest BCUT2D eigenvalue weighted by Crippen LogP contribution is 2.25. The zero-order valence-corrected chi connectivity index (χ0v) is 19.0. The highest BCUT2D eigenvalue weighted by atomic mass is 14.2. The lowest BCUT2D eigenvalue weighted by atomic mass is 9.87. The Morgan fingerprint density at radius 3 is 1.58 bits per heavy atom. The zero-order chi connectivity index (χ0) is 19.3. The zero-order valence-electron chi connectivity index (χ0n) is 19.0. The van der Waals surface area contributed by atoms with Crippen molar-refractivity contribution in [3.63, 3.8) is 0 Å². The van der Waals surface area contributed by atoms with Crippen molar-refractivity contribution in [2.24, 2.45) is 11.8 Å². The van der Waals surface area contributed by atoms with Gasteiger partial charge in [-0.2, -0.15) is 0 Å². The molecule has 0 aliphatic carbocycles. The average molecular weight is 365 g/mol. The first kappa shape index (κ1) is 25.7. The first-order chi connectivity index (χ1) is 12.7. The van der Waals surface area contributed by atoms with E-state index in [0.717, 1.165) is 11.8 Å². The molecule has 0 spiro atoms. The molecular weight excluding hydrogens is 312 g/mol. The summed E-state index contributed by atoms with van der Waals surface area (Å²) in [7, 11) is 0. The smallest absolute Gasteiger partial charge is 0.0351 e. The minimum absolute atomic E-state index is 0.875. The van der Waals surface area contributed by atoms with E-state index in [1.807, 2.05) is 0 Å². The summed E-state index contributed by atoms with van der Waals surface area (Å²) in [5.74, 6) is 1.88. The molecule has 0 saturated heterocycles. The average Bonchev–Trinajstić information content (AvgIpc) is 2.61. The first-order valence-electron chi connectivity index (χ1n) is 12.4. The molecule has 1 unspecified atom stereocenters. The molecule has 0 N–H and O–H groups in total. The lowest BCUT2D eigenvalue weighted by Gasteiger charge is -2.19. The quantitative estimate of drug-likeness (QED) is 0.149. The van der Waals surface area contributed by atoms with Crippen molar-refractivity contribution in [2.45, 2.75) is 143 Å². The van der Waals surface area contributed by atoms with Crippen molar-refractivity contribution >= 4 is 0 Å². The molecular formula is C26H52. The van der Waals surface area contributed by atoms with Gasteiger partial charge in [-0.25, -0.2) is 0 Å². The number of hydrogen-bond acceptors (Lipinski definition) is 0. The van der Waals surface area contributed by atoms with E-state index in [2.05, 4.69) is 39.8 Å². The Labute approximate surface area is 167 Å². The molecule has 0 bridgehead atoms. The van der Waals surface area contributed by atoms with Crippen LogP contribution in [0.25, 0.3) is 0 Å². The van der Waals surface area contributed by atoms with Crippen LogP contribution in [0.5, 0.6) is 0 Å². The van der Waals surface area contributed by atoms with Gasteiger partial charge in [-0.1, -0.05) is 130 Å². The summed E-state index contributed by atoms with van der Waals surface area (Å²) in [6.07, 6.45) is 30.4. The Balaban J connectivity index is 3.61. The second kappa shape index (κ2) is 21.0. The normalized spacial score (nSPS) is 13.1. The third-order valence-electron chi connectivity index (χ3n) is 5.63. The van der Waals surface area contributed by atoms with Crippen molar-refractivity contribution in [3.05, 3.63) is 12.2 Å². The molecule has 0 radical (unpaired) electrons. The lowest BCUT2D eigenvalue weighted by Crippen LogP contribution is -2.05. The van der Waals surface area contributed by atoms with Gasteiger partial charge in [0.2, 0.25) is 0 Å². The van der Waals surface area contributed by atoms with Gasteiger partial charge in [0.25, 0.3) is 0 Å². The molecule has 0 aliphatic heterocycles. The summed E-state index contributed by atoms with van der Waals surface area (Å²) in [5.41, 5.74) is 0. The van der Waals surface area contributed by atoms with Gasteiger partial charge in [-0.3, -0.25) is 0 Å². The van der Waals surface area contributed by atoms with Gasteiger partial charge in [-0.15, -0.1) is 0 Å². The molecule has 0 heterocycles. The topological polar surface area (TPSA) is 0 Å². The number of rotatable bonds is 20. The van der Waals surface area contributed by atoms with E-state index in [4.69, 9.17) is 0 Å². The van der Waals surface area contributed by atoms with Gasteiger partial charge < -0.3 is 0 Å². The van der Waals surface area contributed by atoms with Crippen molar-refractivity contribution in [1.82, 2.24) is 0 Å². The molecule has 1 atom stereocenters. The number of hydrogen-bond donors (Lipinski definition) is 0. The molecule has 0 heteroatoms. The molecule has 0 aromatic rings. The summed E-state index contributed by atoms with van der Waals surface area (Å²) < 4.78 is 0. The summed E-state index contributed by atoms with van der Waals surface area (Å²) in [4.78, 5) is 0. The molecule has 156 valence electrons. The predicted molar refractivity (Wildman–Crippen MR) is 122 cm³/mol. The summed E-state index contributed by atoms with van der Waals surface area (Å²) in [6, 6.07) is 0. The highest BCUT2D eigenvalue weighted by Gasteiger charge is 2.10. The molecule has 0 nitrogen and oxygen atoms in total. The van der Waals surface area contributed by atoms with Gasteiger partial charge in [0.05, 0.1) is 0 Å². The van der Waals surface area contributed by atoms with E-state index >= 15 is 0 Å². The van der Waals surface area contributed by atoms with E-state index in [1.54, 1.807) is 0 Å². The monoisotopic (exact) mass is 364 g/mol. The highest BCUT2D eigenvalue weighted by molar-refractivity contribution is 4.80. The van der Waals surface area contributed by atoms with Crippen LogP contribution in [0.4, 0.5) is 0 Å². The molecule has 0 rings (SSSR count). The van der Waals surface area contributed by atoms with Crippen LogP contribution >= 0.6 is 0 Å². The summed E-state index contributed by atoms with van der Waals surface area (Å²) in [5, 5.41) is 0. The fourth-order valence-electron chi connectivity index (χ4n) is 4.06. The van der Waals surface area contributed by atoms with Crippen LogP contribution in [0, 0.1) is 11.8 Å². The van der Waals surface area contributed by atoms with E-state index in [1.165, 1.54) is 116 Å². The van der Waals surface area contributed by atoms with Gasteiger partial charge in [0.1, 0.15) is 0 Å². The largest absolute Gasteiger partial charge is 0.0885 e. The number of allylic oxidation sites excluding steroid dienone is 2.